The normalized spacial score (nSPS) is 20.9. The van der Waals surface area contributed by atoms with Crippen molar-refractivity contribution in [3.8, 4) is 0 Å². The van der Waals surface area contributed by atoms with Gasteiger partial charge >= 0.3 is 0 Å². The molecule has 1 heterocycles. The number of nitrogens with one attached hydrogen (secondary N) is 1. The molecule has 0 saturated heterocycles. The molecular formula is C14H19BrN2S. The van der Waals surface area contributed by atoms with Gasteiger partial charge in [-0.05, 0) is 30.5 Å². The van der Waals surface area contributed by atoms with Gasteiger partial charge in [0.1, 0.15) is 0 Å². The molecule has 1 aromatic carbocycles. The second kappa shape index (κ2) is 6.11. The minimum Gasteiger partial charge on any atom is -0.358 e. The quantitative estimate of drug-likeness (QED) is 0.898. The predicted octanol–water partition coefficient (Wildman–Crippen LogP) is 4.23. The fourth-order valence-corrected chi connectivity index (χ4v) is 3.53. The van der Waals surface area contributed by atoms with Gasteiger partial charge in [-0.25, -0.2) is 0 Å². The summed E-state index contributed by atoms with van der Waals surface area (Å²) in [6, 6.07) is 9.16. The van der Waals surface area contributed by atoms with Crippen LogP contribution in [-0.4, -0.2) is 17.0 Å². The summed E-state index contributed by atoms with van der Waals surface area (Å²) in [5, 5.41) is 4.58. The molecule has 2 rings (SSSR count). The van der Waals surface area contributed by atoms with Gasteiger partial charge in [0.2, 0.25) is 0 Å². The SMILES string of the molecule is CC(NC1=N[C@@H](C(C)C)CS1)c1cccc(Br)c1. The first-order chi connectivity index (χ1) is 8.56. The summed E-state index contributed by atoms with van der Waals surface area (Å²) in [6.45, 7) is 6.64. The van der Waals surface area contributed by atoms with Gasteiger partial charge in [-0.1, -0.05) is 53.7 Å². The molecule has 1 aliphatic rings. The number of benzene rings is 1. The lowest BCUT2D eigenvalue weighted by Gasteiger charge is -2.15. The summed E-state index contributed by atoms with van der Waals surface area (Å²) in [5.41, 5.74) is 1.28. The lowest BCUT2D eigenvalue weighted by Crippen LogP contribution is -2.23. The van der Waals surface area contributed by atoms with Crippen LogP contribution in [0.2, 0.25) is 0 Å². The largest absolute Gasteiger partial charge is 0.358 e. The fourth-order valence-electron chi connectivity index (χ4n) is 1.85. The van der Waals surface area contributed by atoms with Gasteiger partial charge in [-0.15, -0.1) is 0 Å². The maximum absolute atomic E-state index is 4.73. The standard InChI is InChI=1S/C14H19BrN2S/c1-9(2)13-8-18-14(17-13)16-10(3)11-5-4-6-12(15)7-11/h4-7,9-10,13H,8H2,1-3H3,(H,16,17)/t10?,13-/m1/s1. The molecule has 0 saturated carbocycles. The van der Waals surface area contributed by atoms with E-state index in [4.69, 9.17) is 4.99 Å². The average Bonchev–Trinajstić information content (AvgIpc) is 2.77. The van der Waals surface area contributed by atoms with E-state index in [9.17, 15) is 0 Å². The van der Waals surface area contributed by atoms with Crippen LogP contribution in [0.4, 0.5) is 0 Å². The highest BCUT2D eigenvalue weighted by Gasteiger charge is 2.22. The molecule has 2 atom stereocenters. The topological polar surface area (TPSA) is 24.4 Å². The molecule has 0 aromatic heterocycles. The molecule has 18 heavy (non-hydrogen) atoms. The van der Waals surface area contributed by atoms with E-state index in [0.717, 1.165) is 15.4 Å². The second-order valence-corrected chi connectivity index (χ2v) is 6.90. The highest BCUT2D eigenvalue weighted by Crippen LogP contribution is 2.24. The summed E-state index contributed by atoms with van der Waals surface area (Å²) >= 11 is 5.34. The molecule has 4 heteroatoms. The third-order valence-corrected chi connectivity index (χ3v) is 4.63. The molecule has 1 aliphatic heterocycles. The van der Waals surface area contributed by atoms with Gasteiger partial charge in [0.05, 0.1) is 12.1 Å². The zero-order valence-electron chi connectivity index (χ0n) is 11.0. The first-order valence-corrected chi connectivity index (χ1v) is 8.06. The molecule has 98 valence electrons. The number of hydrogen-bond acceptors (Lipinski definition) is 3. The molecule has 1 aromatic rings. The smallest absolute Gasteiger partial charge is 0.157 e. The minimum absolute atomic E-state index is 0.291. The van der Waals surface area contributed by atoms with Crippen LogP contribution in [0.3, 0.4) is 0 Å². The first kappa shape index (κ1) is 13.9. The Bertz CT molecular complexity index is 445. The van der Waals surface area contributed by atoms with Crippen molar-refractivity contribution in [2.45, 2.75) is 32.9 Å². The summed E-state index contributed by atoms with van der Waals surface area (Å²) in [4.78, 5) is 4.73. The number of amidine groups is 1. The Morgan fingerprint density at radius 2 is 2.17 bits per heavy atom. The summed E-state index contributed by atoms with van der Waals surface area (Å²) < 4.78 is 1.12. The Kier molecular flexibility index (Phi) is 4.73. The van der Waals surface area contributed by atoms with E-state index in [0.29, 0.717) is 18.0 Å². The highest BCUT2D eigenvalue weighted by molar-refractivity contribution is 9.10. The van der Waals surface area contributed by atoms with Crippen molar-refractivity contribution in [3.05, 3.63) is 34.3 Å². The summed E-state index contributed by atoms with van der Waals surface area (Å²) in [5.74, 6) is 1.73. The molecule has 1 N–H and O–H groups in total. The van der Waals surface area contributed by atoms with Crippen molar-refractivity contribution in [2.75, 3.05) is 5.75 Å². The number of rotatable bonds is 3. The van der Waals surface area contributed by atoms with E-state index >= 15 is 0 Å². The van der Waals surface area contributed by atoms with Crippen LogP contribution >= 0.6 is 27.7 Å². The summed E-state index contributed by atoms with van der Waals surface area (Å²) in [7, 11) is 0. The molecule has 0 radical (unpaired) electrons. The van der Waals surface area contributed by atoms with Crippen molar-refractivity contribution in [3.63, 3.8) is 0 Å². The van der Waals surface area contributed by atoms with Crippen molar-refractivity contribution < 1.29 is 0 Å². The Hall–Kier alpha value is -0.480. The van der Waals surface area contributed by atoms with Gasteiger partial charge in [0.15, 0.2) is 5.17 Å². The molecule has 0 amide bonds. The van der Waals surface area contributed by atoms with Crippen molar-refractivity contribution in [1.82, 2.24) is 5.32 Å². The number of thioether (sulfide) groups is 1. The maximum atomic E-state index is 4.73. The molecule has 0 bridgehead atoms. The minimum atomic E-state index is 0.291. The second-order valence-electron chi connectivity index (χ2n) is 4.98. The first-order valence-electron chi connectivity index (χ1n) is 6.29. The van der Waals surface area contributed by atoms with Gasteiger partial charge in [0, 0.05) is 10.2 Å². The van der Waals surface area contributed by atoms with Crippen molar-refractivity contribution >= 4 is 32.9 Å². The molecule has 2 nitrogen and oxygen atoms in total. The monoisotopic (exact) mass is 326 g/mol. The van der Waals surface area contributed by atoms with Gasteiger partial charge in [0.25, 0.3) is 0 Å². The van der Waals surface area contributed by atoms with E-state index < -0.39 is 0 Å². The zero-order chi connectivity index (χ0) is 13.1. The molecule has 1 unspecified atom stereocenters. The number of halogens is 1. The van der Waals surface area contributed by atoms with E-state index in [1.54, 1.807) is 0 Å². The van der Waals surface area contributed by atoms with Crippen LogP contribution in [0.1, 0.15) is 32.4 Å². The van der Waals surface area contributed by atoms with E-state index in [1.165, 1.54) is 5.56 Å². The van der Waals surface area contributed by atoms with Gasteiger partial charge in [-0.3, -0.25) is 4.99 Å². The van der Waals surface area contributed by atoms with Crippen LogP contribution in [0.15, 0.2) is 33.7 Å². The maximum Gasteiger partial charge on any atom is 0.157 e. The van der Waals surface area contributed by atoms with Crippen LogP contribution in [0.5, 0.6) is 0 Å². The zero-order valence-corrected chi connectivity index (χ0v) is 13.4. The molecule has 0 aliphatic carbocycles. The Morgan fingerprint density at radius 1 is 1.39 bits per heavy atom. The average molecular weight is 327 g/mol. The Morgan fingerprint density at radius 3 is 2.78 bits per heavy atom. The van der Waals surface area contributed by atoms with E-state index in [-0.39, 0.29) is 0 Å². The van der Waals surface area contributed by atoms with Gasteiger partial charge < -0.3 is 5.32 Å². The lowest BCUT2D eigenvalue weighted by molar-refractivity contribution is 0.541. The highest BCUT2D eigenvalue weighted by atomic mass is 79.9. The van der Waals surface area contributed by atoms with Crippen molar-refractivity contribution in [2.24, 2.45) is 10.9 Å². The molecular weight excluding hydrogens is 308 g/mol. The summed E-state index contributed by atoms with van der Waals surface area (Å²) in [6.07, 6.45) is 0. The number of hydrogen-bond donors (Lipinski definition) is 1. The van der Waals surface area contributed by atoms with Gasteiger partial charge in [-0.2, -0.15) is 0 Å². The van der Waals surface area contributed by atoms with Crippen molar-refractivity contribution in [1.29, 1.82) is 0 Å². The third kappa shape index (κ3) is 3.51. The van der Waals surface area contributed by atoms with E-state index in [2.05, 4.69) is 60.2 Å². The fraction of sp³-hybridized carbons (Fsp3) is 0.500. The Labute approximate surface area is 122 Å². The van der Waals surface area contributed by atoms with Crippen LogP contribution in [-0.2, 0) is 0 Å². The molecule has 0 spiro atoms. The lowest BCUT2D eigenvalue weighted by atomic mass is 10.1. The number of nitrogens with zero attached hydrogens (tertiary/aromatic N) is 1. The van der Waals surface area contributed by atoms with Crippen LogP contribution < -0.4 is 5.32 Å². The predicted molar refractivity (Wildman–Crippen MR) is 84.2 cm³/mol. The van der Waals surface area contributed by atoms with Crippen LogP contribution in [0, 0.1) is 5.92 Å². The van der Waals surface area contributed by atoms with Crippen LogP contribution in [0.25, 0.3) is 0 Å². The number of aliphatic imine (C=N–C) groups is 1. The Balaban J connectivity index is 2.00. The molecule has 0 fully saturated rings. The van der Waals surface area contributed by atoms with E-state index in [1.807, 2.05) is 17.8 Å². The third-order valence-electron chi connectivity index (χ3n) is 3.13.